The molecular weight excluding hydrogens is 414 g/mol. The second-order valence-corrected chi connectivity index (χ2v) is 7.72. The first-order valence-electron chi connectivity index (χ1n) is 9.98. The standard InChI is InChI=1S/C24H26ClN3O3/c1-16(2)17-6-7-18(22(13-17)31-15-30-3)14-27-23-21(5-4-12-26-23)24(29)28-20-10-8-19(25)9-11-20/h4-13,16H,14-15H2,1-3H3,(H,26,27)(H,28,29). The molecule has 162 valence electrons. The number of benzene rings is 2. The van der Waals surface area contributed by atoms with Crippen molar-refractivity contribution in [2.75, 3.05) is 24.5 Å². The van der Waals surface area contributed by atoms with E-state index < -0.39 is 0 Å². The molecule has 1 heterocycles. The van der Waals surface area contributed by atoms with Gasteiger partial charge < -0.3 is 20.1 Å². The Kier molecular flexibility index (Phi) is 7.87. The van der Waals surface area contributed by atoms with Crippen molar-refractivity contribution in [2.24, 2.45) is 0 Å². The van der Waals surface area contributed by atoms with Gasteiger partial charge in [-0.15, -0.1) is 0 Å². The summed E-state index contributed by atoms with van der Waals surface area (Å²) in [7, 11) is 1.59. The summed E-state index contributed by atoms with van der Waals surface area (Å²) in [5, 5.41) is 6.73. The normalized spacial score (nSPS) is 10.7. The molecule has 0 fully saturated rings. The molecular formula is C24H26ClN3O3. The predicted octanol–water partition coefficient (Wildman–Crippen LogP) is 5.71. The number of methoxy groups -OCH3 is 1. The Morgan fingerprint density at radius 3 is 2.61 bits per heavy atom. The van der Waals surface area contributed by atoms with Crippen LogP contribution in [0.15, 0.2) is 60.8 Å². The number of nitrogens with one attached hydrogen (secondary N) is 2. The van der Waals surface area contributed by atoms with Crippen molar-refractivity contribution in [1.29, 1.82) is 0 Å². The van der Waals surface area contributed by atoms with E-state index in [9.17, 15) is 4.79 Å². The van der Waals surface area contributed by atoms with Crippen LogP contribution in [0, 0.1) is 0 Å². The van der Waals surface area contributed by atoms with E-state index in [1.165, 1.54) is 5.56 Å². The van der Waals surface area contributed by atoms with E-state index in [2.05, 4.69) is 35.5 Å². The number of ether oxygens (including phenoxy) is 2. The van der Waals surface area contributed by atoms with Gasteiger partial charge in [0, 0.05) is 36.1 Å². The van der Waals surface area contributed by atoms with Crippen molar-refractivity contribution in [3.05, 3.63) is 82.5 Å². The number of halogens is 1. The molecule has 0 saturated carbocycles. The number of hydrogen-bond acceptors (Lipinski definition) is 5. The number of carbonyl (C=O) groups excluding carboxylic acids is 1. The highest BCUT2D eigenvalue weighted by Gasteiger charge is 2.14. The van der Waals surface area contributed by atoms with Gasteiger partial charge in [-0.3, -0.25) is 4.79 Å². The zero-order valence-electron chi connectivity index (χ0n) is 17.8. The molecule has 0 aliphatic carbocycles. The maximum atomic E-state index is 12.8. The Labute approximate surface area is 187 Å². The number of hydrogen-bond donors (Lipinski definition) is 2. The van der Waals surface area contributed by atoms with Crippen LogP contribution in [-0.2, 0) is 11.3 Å². The Morgan fingerprint density at radius 2 is 1.90 bits per heavy atom. The van der Waals surface area contributed by atoms with E-state index in [-0.39, 0.29) is 12.7 Å². The monoisotopic (exact) mass is 439 g/mol. The first-order valence-corrected chi connectivity index (χ1v) is 10.4. The maximum Gasteiger partial charge on any atom is 0.259 e. The van der Waals surface area contributed by atoms with Crippen molar-refractivity contribution in [3.8, 4) is 5.75 Å². The second kappa shape index (κ2) is 10.8. The lowest BCUT2D eigenvalue weighted by molar-refractivity contribution is 0.0504. The van der Waals surface area contributed by atoms with Crippen molar-refractivity contribution in [1.82, 2.24) is 4.98 Å². The van der Waals surface area contributed by atoms with E-state index in [0.29, 0.717) is 34.6 Å². The average molecular weight is 440 g/mol. The molecule has 1 aromatic heterocycles. The fourth-order valence-electron chi connectivity index (χ4n) is 2.97. The molecule has 1 amide bonds. The summed E-state index contributed by atoms with van der Waals surface area (Å²) >= 11 is 5.91. The van der Waals surface area contributed by atoms with Crippen LogP contribution in [0.4, 0.5) is 11.5 Å². The summed E-state index contributed by atoms with van der Waals surface area (Å²) in [6, 6.07) is 16.5. The predicted molar refractivity (Wildman–Crippen MR) is 124 cm³/mol. The third-order valence-electron chi connectivity index (χ3n) is 4.69. The molecule has 0 aliphatic rings. The Hall–Kier alpha value is -3.09. The highest BCUT2D eigenvalue weighted by atomic mass is 35.5. The number of amides is 1. The van der Waals surface area contributed by atoms with Crippen LogP contribution < -0.4 is 15.4 Å². The summed E-state index contributed by atoms with van der Waals surface area (Å²) in [6.45, 7) is 4.86. The number of aromatic nitrogens is 1. The molecule has 0 aliphatic heterocycles. The van der Waals surface area contributed by atoms with Crippen molar-refractivity contribution >= 4 is 29.0 Å². The molecule has 0 saturated heterocycles. The van der Waals surface area contributed by atoms with Gasteiger partial charge in [-0.05, 0) is 53.9 Å². The number of anilines is 2. The van der Waals surface area contributed by atoms with Crippen LogP contribution in [0.25, 0.3) is 0 Å². The summed E-state index contributed by atoms with van der Waals surface area (Å²) in [5.41, 5.74) is 3.21. The van der Waals surface area contributed by atoms with E-state index in [1.807, 2.05) is 12.1 Å². The fourth-order valence-corrected chi connectivity index (χ4v) is 3.10. The molecule has 0 radical (unpaired) electrons. The molecule has 0 atom stereocenters. The van der Waals surface area contributed by atoms with Crippen LogP contribution in [0.5, 0.6) is 5.75 Å². The van der Waals surface area contributed by atoms with Gasteiger partial charge in [0.2, 0.25) is 0 Å². The maximum absolute atomic E-state index is 12.8. The van der Waals surface area contributed by atoms with Crippen LogP contribution in [-0.4, -0.2) is 24.8 Å². The lowest BCUT2D eigenvalue weighted by Gasteiger charge is -2.16. The van der Waals surface area contributed by atoms with E-state index in [0.717, 1.165) is 11.3 Å². The topological polar surface area (TPSA) is 72.5 Å². The Balaban J connectivity index is 1.76. The molecule has 0 unspecified atom stereocenters. The molecule has 7 heteroatoms. The largest absolute Gasteiger partial charge is 0.467 e. The van der Waals surface area contributed by atoms with Gasteiger partial charge >= 0.3 is 0 Å². The van der Waals surface area contributed by atoms with Gasteiger partial charge in [0.15, 0.2) is 6.79 Å². The molecule has 3 aromatic rings. The lowest BCUT2D eigenvalue weighted by atomic mass is 10.0. The summed E-state index contributed by atoms with van der Waals surface area (Å²) < 4.78 is 10.8. The van der Waals surface area contributed by atoms with Gasteiger partial charge in [0.25, 0.3) is 5.91 Å². The molecule has 31 heavy (non-hydrogen) atoms. The Bertz CT molecular complexity index is 1020. The third kappa shape index (κ3) is 6.20. The van der Waals surface area contributed by atoms with E-state index in [1.54, 1.807) is 49.7 Å². The number of pyridine rings is 1. The van der Waals surface area contributed by atoms with Gasteiger partial charge in [0.05, 0.1) is 5.56 Å². The molecule has 2 aromatic carbocycles. The van der Waals surface area contributed by atoms with Crippen molar-refractivity contribution < 1.29 is 14.3 Å². The number of carbonyl (C=O) groups is 1. The quantitative estimate of drug-likeness (QED) is 0.418. The first-order chi connectivity index (χ1) is 15.0. The molecule has 2 N–H and O–H groups in total. The van der Waals surface area contributed by atoms with Gasteiger partial charge in [-0.25, -0.2) is 4.98 Å². The summed E-state index contributed by atoms with van der Waals surface area (Å²) in [4.78, 5) is 17.1. The molecule has 0 bridgehead atoms. The second-order valence-electron chi connectivity index (χ2n) is 7.29. The van der Waals surface area contributed by atoms with Crippen molar-refractivity contribution in [2.45, 2.75) is 26.3 Å². The van der Waals surface area contributed by atoms with Gasteiger partial charge in [-0.2, -0.15) is 0 Å². The smallest absolute Gasteiger partial charge is 0.259 e. The molecule has 6 nitrogen and oxygen atoms in total. The highest BCUT2D eigenvalue weighted by Crippen LogP contribution is 2.26. The highest BCUT2D eigenvalue weighted by molar-refractivity contribution is 6.30. The number of nitrogens with zero attached hydrogens (tertiary/aromatic N) is 1. The minimum Gasteiger partial charge on any atom is -0.467 e. The minimum absolute atomic E-state index is 0.160. The number of rotatable bonds is 9. The zero-order chi connectivity index (χ0) is 22.2. The van der Waals surface area contributed by atoms with Crippen molar-refractivity contribution in [3.63, 3.8) is 0 Å². The Morgan fingerprint density at radius 1 is 1.13 bits per heavy atom. The third-order valence-corrected chi connectivity index (χ3v) is 4.94. The zero-order valence-corrected chi connectivity index (χ0v) is 18.6. The first kappa shape index (κ1) is 22.6. The van der Waals surface area contributed by atoms with Crippen LogP contribution in [0.3, 0.4) is 0 Å². The minimum atomic E-state index is -0.260. The fraction of sp³-hybridized carbons (Fsp3) is 0.250. The van der Waals surface area contributed by atoms with Crippen LogP contribution in [0.1, 0.15) is 41.3 Å². The van der Waals surface area contributed by atoms with Crippen LogP contribution >= 0.6 is 11.6 Å². The molecule has 0 spiro atoms. The van der Waals surface area contributed by atoms with Gasteiger partial charge in [-0.1, -0.05) is 37.6 Å². The summed E-state index contributed by atoms with van der Waals surface area (Å²) in [6.07, 6.45) is 1.64. The SMILES string of the molecule is COCOc1cc(C(C)C)ccc1CNc1ncccc1C(=O)Nc1ccc(Cl)cc1. The average Bonchev–Trinajstić information content (AvgIpc) is 2.78. The summed E-state index contributed by atoms with van der Waals surface area (Å²) in [5.74, 6) is 1.35. The van der Waals surface area contributed by atoms with E-state index >= 15 is 0 Å². The van der Waals surface area contributed by atoms with Gasteiger partial charge in [0.1, 0.15) is 11.6 Å². The van der Waals surface area contributed by atoms with Crippen LogP contribution in [0.2, 0.25) is 5.02 Å². The lowest BCUT2D eigenvalue weighted by Crippen LogP contribution is -2.16. The molecule has 3 rings (SSSR count). The van der Waals surface area contributed by atoms with E-state index in [4.69, 9.17) is 21.1 Å².